The molecular formula is C21H22F4O. The number of hydrogen-bond donors (Lipinski definition) is 0. The fourth-order valence-electron chi connectivity index (χ4n) is 3.63. The van der Waals surface area contributed by atoms with E-state index in [0.29, 0.717) is 24.8 Å². The molecule has 0 heterocycles. The van der Waals surface area contributed by atoms with E-state index in [0.717, 1.165) is 36.0 Å². The van der Waals surface area contributed by atoms with Gasteiger partial charge in [0.05, 0.1) is 0 Å². The van der Waals surface area contributed by atoms with Gasteiger partial charge in [-0.3, -0.25) is 0 Å². The highest BCUT2D eigenvalue weighted by Crippen LogP contribution is 2.36. The summed E-state index contributed by atoms with van der Waals surface area (Å²) < 4.78 is 55.6. The highest BCUT2D eigenvalue weighted by Gasteiger charge is 2.31. The molecule has 140 valence electrons. The number of halogens is 4. The van der Waals surface area contributed by atoms with E-state index >= 15 is 0 Å². The van der Waals surface area contributed by atoms with Crippen LogP contribution in [0.2, 0.25) is 0 Å². The van der Waals surface area contributed by atoms with Gasteiger partial charge in [0.1, 0.15) is 11.6 Å². The summed E-state index contributed by atoms with van der Waals surface area (Å²) in [7, 11) is 0. The Balaban J connectivity index is 1.74. The first-order chi connectivity index (χ1) is 12.4. The van der Waals surface area contributed by atoms with Gasteiger partial charge in [0.15, 0.2) is 0 Å². The Hall–Kier alpha value is -2.04. The molecule has 0 saturated heterocycles. The Labute approximate surface area is 151 Å². The highest BCUT2D eigenvalue weighted by atomic mass is 19.4. The standard InChI is InChI=1S/C21H22F4O/c1-2-3-4-14-5-10-19(20(22)11-14)17-7-6-16-13-18(26-21(23,24)25)9-8-15(16)12-17/h5,8-11,13,17H,2-4,6-7,12H2,1H3. The average molecular weight is 366 g/mol. The van der Waals surface area contributed by atoms with Gasteiger partial charge in [-0.2, -0.15) is 0 Å². The Kier molecular flexibility index (Phi) is 5.54. The van der Waals surface area contributed by atoms with Crippen LogP contribution in [0, 0.1) is 5.82 Å². The number of alkyl halides is 3. The van der Waals surface area contributed by atoms with Crippen molar-refractivity contribution in [3.63, 3.8) is 0 Å². The molecule has 2 aromatic rings. The molecule has 0 N–H and O–H groups in total. The van der Waals surface area contributed by atoms with Crippen molar-refractivity contribution in [3.8, 4) is 5.75 Å². The third kappa shape index (κ3) is 4.57. The summed E-state index contributed by atoms with van der Waals surface area (Å²) in [6.07, 6.45) is 0.269. The molecule has 1 nitrogen and oxygen atoms in total. The van der Waals surface area contributed by atoms with Crippen LogP contribution in [0.4, 0.5) is 17.6 Å². The maximum Gasteiger partial charge on any atom is 0.573 e. The van der Waals surface area contributed by atoms with Crippen molar-refractivity contribution in [2.24, 2.45) is 0 Å². The van der Waals surface area contributed by atoms with Gasteiger partial charge in [-0.25, -0.2) is 4.39 Å². The van der Waals surface area contributed by atoms with Gasteiger partial charge in [0, 0.05) is 0 Å². The van der Waals surface area contributed by atoms with E-state index in [4.69, 9.17) is 0 Å². The summed E-state index contributed by atoms with van der Waals surface area (Å²) in [4.78, 5) is 0. The van der Waals surface area contributed by atoms with Crippen LogP contribution in [0.25, 0.3) is 0 Å². The van der Waals surface area contributed by atoms with Gasteiger partial charge in [-0.05, 0) is 78.5 Å². The third-order valence-corrected chi connectivity index (χ3v) is 4.96. The van der Waals surface area contributed by atoms with Crippen molar-refractivity contribution >= 4 is 0 Å². The fourth-order valence-corrected chi connectivity index (χ4v) is 3.63. The third-order valence-electron chi connectivity index (χ3n) is 4.96. The molecule has 0 radical (unpaired) electrons. The molecule has 2 aromatic carbocycles. The van der Waals surface area contributed by atoms with Crippen molar-refractivity contribution in [1.82, 2.24) is 0 Å². The van der Waals surface area contributed by atoms with Gasteiger partial charge < -0.3 is 4.74 Å². The van der Waals surface area contributed by atoms with Crippen LogP contribution in [-0.2, 0) is 19.3 Å². The first-order valence-corrected chi connectivity index (χ1v) is 9.01. The molecule has 0 fully saturated rings. The zero-order valence-corrected chi connectivity index (χ0v) is 14.7. The minimum Gasteiger partial charge on any atom is -0.406 e. The van der Waals surface area contributed by atoms with Crippen LogP contribution in [0.3, 0.4) is 0 Å². The summed E-state index contributed by atoms with van der Waals surface area (Å²) >= 11 is 0. The van der Waals surface area contributed by atoms with Crippen LogP contribution < -0.4 is 4.74 Å². The monoisotopic (exact) mass is 366 g/mol. The van der Waals surface area contributed by atoms with Gasteiger partial charge >= 0.3 is 6.36 Å². The van der Waals surface area contributed by atoms with Crippen molar-refractivity contribution in [2.75, 3.05) is 0 Å². The van der Waals surface area contributed by atoms with E-state index < -0.39 is 6.36 Å². The molecule has 26 heavy (non-hydrogen) atoms. The predicted octanol–water partition coefficient (Wildman–Crippen LogP) is 6.34. The first kappa shape index (κ1) is 18.7. The quantitative estimate of drug-likeness (QED) is 0.561. The molecule has 0 bridgehead atoms. The smallest absolute Gasteiger partial charge is 0.406 e. The SMILES string of the molecule is CCCCc1ccc(C2CCc3cc(OC(F)(F)F)ccc3C2)c(F)c1. The second kappa shape index (κ2) is 7.68. The summed E-state index contributed by atoms with van der Waals surface area (Å²) in [6.45, 7) is 2.11. The number of rotatable bonds is 5. The van der Waals surface area contributed by atoms with Crippen LogP contribution in [-0.4, -0.2) is 6.36 Å². The molecule has 0 amide bonds. The van der Waals surface area contributed by atoms with E-state index in [1.807, 2.05) is 12.1 Å². The molecule has 5 heteroatoms. The van der Waals surface area contributed by atoms with E-state index in [2.05, 4.69) is 11.7 Å². The van der Waals surface area contributed by atoms with Crippen molar-refractivity contribution in [2.45, 2.75) is 57.7 Å². The maximum atomic E-state index is 14.5. The number of hydrogen-bond acceptors (Lipinski definition) is 1. The fraction of sp³-hybridized carbons (Fsp3) is 0.429. The van der Waals surface area contributed by atoms with E-state index in [-0.39, 0.29) is 17.5 Å². The molecule has 1 unspecified atom stereocenters. The van der Waals surface area contributed by atoms with Gasteiger partial charge in [0.25, 0.3) is 0 Å². The van der Waals surface area contributed by atoms with Crippen molar-refractivity contribution in [3.05, 3.63) is 64.5 Å². The van der Waals surface area contributed by atoms with Gasteiger partial charge in [0.2, 0.25) is 0 Å². The minimum atomic E-state index is -4.69. The molecule has 0 spiro atoms. The molecular weight excluding hydrogens is 344 g/mol. The lowest BCUT2D eigenvalue weighted by Crippen LogP contribution is -2.18. The van der Waals surface area contributed by atoms with Crippen LogP contribution >= 0.6 is 0 Å². The van der Waals surface area contributed by atoms with E-state index in [1.165, 1.54) is 12.1 Å². The largest absolute Gasteiger partial charge is 0.573 e. The van der Waals surface area contributed by atoms with Crippen LogP contribution in [0.5, 0.6) is 5.75 Å². The molecule has 1 aliphatic carbocycles. The Morgan fingerprint density at radius 1 is 1.08 bits per heavy atom. The number of ether oxygens (including phenoxy) is 1. The van der Waals surface area contributed by atoms with Gasteiger partial charge in [-0.15, -0.1) is 13.2 Å². The normalized spacial score (nSPS) is 17.0. The highest BCUT2D eigenvalue weighted by molar-refractivity contribution is 5.40. The topological polar surface area (TPSA) is 9.23 Å². The molecule has 0 saturated carbocycles. The first-order valence-electron chi connectivity index (χ1n) is 9.01. The lowest BCUT2D eigenvalue weighted by molar-refractivity contribution is -0.274. The maximum absolute atomic E-state index is 14.5. The average Bonchev–Trinajstić information content (AvgIpc) is 2.58. The van der Waals surface area contributed by atoms with Crippen molar-refractivity contribution < 1.29 is 22.3 Å². The van der Waals surface area contributed by atoms with Crippen LogP contribution in [0.1, 0.15) is 54.4 Å². The lowest BCUT2D eigenvalue weighted by atomic mass is 9.79. The predicted molar refractivity (Wildman–Crippen MR) is 92.9 cm³/mol. The van der Waals surface area contributed by atoms with E-state index in [9.17, 15) is 17.6 Å². The molecule has 0 aromatic heterocycles. The number of benzene rings is 2. The minimum absolute atomic E-state index is 0.0529. The van der Waals surface area contributed by atoms with E-state index in [1.54, 1.807) is 12.1 Å². The second-order valence-electron chi connectivity index (χ2n) is 6.88. The van der Waals surface area contributed by atoms with Gasteiger partial charge in [-0.1, -0.05) is 31.5 Å². The molecule has 1 aliphatic rings. The second-order valence-corrected chi connectivity index (χ2v) is 6.88. The zero-order chi connectivity index (χ0) is 18.7. The lowest BCUT2D eigenvalue weighted by Gasteiger charge is -2.26. The summed E-state index contributed by atoms with van der Waals surface area (Å²) in [5.41, 5.74) is 3.53. The summed E-state index contributed by atoms with van der Waals surface area (Å²) in [5, 5.41) is 0. The Morgan fingerprint density at radius 2 is 1.88 bits per heavy atom. The Morgan fingerprint density at radius 3 is 2.58 bits per heavy atom. The number of unbranched alkanes of at least 4 members (excludes halogenated alkanes) is 1. The summed E-state index contributed by atoms with van der Waals surface area (Å²) in [6, 6.07) is 9.93. The molecule has 0 aliphatic heterocycles. The number of aryl methyl sites for hydroxylation is 2. The Bertz CT molecular complexity index is 767. The molecule has 1 atom stereocenters. The van der Waals surface area contributed by atoms with Crippen LogP contribution in [0.15, 0.2) is 36.4 Å². The zero-order valence-electron chi connectivity index (χ0n) is 14.7. The van der Waals surface area contributed by atoms with Crippen molar-refractivity contribution in [1.29, 1.82) is 0 Å². The summed E-state index contributed by atoms with van der Waals surface area (Å²) in [5.74, 6) is -0.317. The number of fused-ring (bicyclic) bond motifs is 1. The molecule has 3 rings (SSSR count).